The molecule has 0 fully saturated rings. The van der Waals surface area contributed by atoms with Gasteiger partial charge in [-0.15, -0.1) is 11.3 Å². The van der Waals surface area contributed by atoms with E-state index in [1.54, 1.807) is 36.3 Å². The number of thiophene rings is 2. The number of aromatic nitrogens is 4. The number of halogens is 5. The summed E-state index contributed by atoms with van der Waals surface area (Å²) in [6.07, 6.45) is 39.0. The summed E-state index contributed by atoms with van der Waals surface area (Å²) < 4.78 is 52.0. The van der Waals surface area contributed by atoms with E-state index < -0.39 is 18.4 Å². The Hall–Kier alpha value is 0.241. The van der Waals surface area contributed by atoms with Crippen molar-refractivity contribution in [1.82, 2.24) is 17.5 Å². The standard InChI is InChI=1S/C22H28BrFN2S2.C16H27S.C6HBr2FN2S.3C4H9.Pd.Sn/c1-2-3-4-5-6-7-8-9-10-11-12-16-13-19(27-15-16)17-14-18(24)20(23)22-21(17)25-28-26-22;1-2-3-4-5-6-7-8-9-10-11-12-16-13-14-17-15-16;7-2-1-3(9)4(8)6-5(2)10-12-11-6;3*1-3-4-2;;/h13-15H,2-12H2,1H3;13,15H,2-12H2,1H3;1H;3*1,3-4H2,2H3;;. The number of unbranched alkanes of at least 4 members (excludes halogenated alkanes) is 21. The molecule has 6 aromatic rings. The molecular weight excluding hydrogens is 1360 g/mol. The molecule has 4 aromatic heterocycles. The topological polar surface area (TPSA) is 51.6 Å². The zero-order chi connectivity index (χ0) is 50.4. The maximum atomic E-state index is 14.2. The molecule has 2 aromatic carbocycles. The summed E-state index contributed by atoms with van der Waals surface area (Å²) in [4.78, 5) is 1.08. The van der Waals surface area contributed by atoms with Crippen LogP contribution >= 0.6 is 93.9 Å². The van der Waals surface area contributed by atoms with Crippen molar-refractivity contribution in [3.8, 4) is 10.4 Å². The Bertz CT molecular complexity index is 2300. The Balaban J connectivity index is 0.000000301. The van der Waals surface area contributed by atoms with Gasteiger partial charge in [-0.25, -0.2) is 8.78 Å². The monoisotopic (exact) mass is 1440 g/mol. The molecule has 0 saturated heterocycles. The zero-order valence-electron chi connectivity index (χ0n) is 43.5. The second-order valence-electron chi connectivity index (χ2n) is 19.4. The number of rotatable bonds is 33. The minimum absolute atomic E-state index is 0. The van der Waals surface area contributed by atoms with Crippen LogP contribution in [0.2, 0.25) is 13.3 Å². The second kappa shape index (κ2) is 38.7. The van der Waals surface area contributed by atoms with Crippen molar-refractivity contribution in [2.45, 2.75) is 228 Å². The summed E-state index contributed by atoms with van der Waals surface area (Å²) in [6, 6.07) is 7.85. The van der Waals surface area contributed by atoms with Gasteiger partial charge in [0.2, 0.25) is 0 Å². The van der Waals surface area contributed by atoms with Crippen molar-refractivity contribution in [3.05, 3.63) is 71.2 Å². The van der Waals surface area contributed by atoms with Gasteiger partial charge in [-0.2, -0.15) is 17.5 Å². The minimum atomic E-state index is -2.17. The molecule has 0 atom stereocenters. The van der Waals surface area contributed by atoms with Gasteiger partial charge in [0.05, 0.1) is 32.4 Å². The Morgan fingerprint density at radius 2 is 0.817 bits per heavy atom. The fourth-order valence-corrected chi connectivity index (χ4v) is 33.1. The van der Waals surface area contributed by atoms with E-state index >= 15 is 0 Å². The van der Waals surface area contributed by atoms with Crippen LogP contribution in [0.25, 0.3) is 32.5 Å². The first-order valence-electron chi connectivity index (χ1n) is 27.1. The maximum absolute atomic E-state index is 14.2. The molecule has 0 amide bonds. The van der Waals surface area contributed by atoms with Crippen LogP contribution < -0.4 is 2.89 Å². The minimum Gasteiger partial charge on any atom is -0.206 e. The van der Waals surface area contributed by atoms with Gasteiger partial charge in [-0.3, -0.25) is 0 Å². The van der Waals surface area contributed by atoms with Crippen molar-refractivity contribution in [3.63, 3.8) is 0 Å². The molecule has 0 aliphatic carbocycles. The molecule has 400 valence electrons. The van der Waals surface area contributed by atoms with Gasteiger partial charge in [0.1, 0.15) is 33.7 Å². The predicted molar refractivity (Wildman–Crippen MR) is 321 cm³/mol. The number of fused-ring (bicyclic) bond motifs is 2. The van der Waals surface area contributed by atoms with Crippen LogP contribution in [0, 0.1) is 11.6 Å². The summed E-state index contributed by atoms with van der Waals surface area (Å²) >= 11 is 13.5. The van der Waals surface area contributed by atoms with E-state index in [1.165, 1.54) is 185 Å². The van der Waals surface area contributed by atoms with Crippen LogP contribution in [0.1, 0.15) is 213 Å². The normalized spacial score (nSPS) is 11.5. The Labute approximate surface area is 487 Å². The first kappa shape index (κ1) is 65.5. The van der Waals surface area contributed by atoms with Crippen LogP contribution in [0.5, 0.6) is 0 Å². The van der Waals surface area contributed by atoms with E-state index in [0.717, 1.165) is 45.8 Å². The zero-order valence-corrected chi connectivity index (χ0v) is 55.9. The van der Waals surface area contributed by atoms with Gasteiger partial charge in [0.15, 0.2) is 0 Å². The van der Waals surface area contributed by atoms with Crippen molar-refractivity contribution in [2.75, 3.05) is 0 Å². The maximum Gasteiger partial charge on any atom is 0.140 e. The summed E-state index contributed by atoms with van der Waals surface area (Å²) in [5.74, 6) is -0.609. The molecule has 71 heavy (non-hydrogen) atoms. The predicted octanol–water partition coefficient (Wildman–Crippen LogP) is 22.4. The molecule has 4 heterocycles. The number of nitrogens with zero attached hydrogens (tertiary/aromatic N) is 4. The van der Waals surface area contributed by atoms with Gasteiger partial charge in [-0.1, -0.05) is 84.5 Å². The Morgan fingerprint density at radius 3 is 1.30 bits per heavy atom. The van der Waals surface area contributed by atoms with Crippen molar-refractivity contribution in [2.24, 2.45) is 0 Å². The van der Waals surface area contributed by atoms with Gasteiger partial charge in [-0.05, 0) is 89.8 Å². The molecule has 0 aliphatic rings. The molecule has 0 radical (unpaired) electrons. The van der Waals surface area contributed by atoms with Gasteiger partial charge >= 0.3 is 180 Å². The number of aryl methyl sites for hydroxylation is 2. The summed E-state index contributed by atoms with van der Waals surface area (Å²) in [7, 11) is 0. The van der Waals surface area contributed by atoms with E-state index in [-0.39, 0.29) is 32.1 Å². The first-order chi connectivity index (χ1) is 34.1. The molecule has 6 rings (SSSR count). The van der Waals surface area contributed by atoms with Gasteiger partial charge in [0.25, 0.3) is 0 Å². The number of hydrogen-bond donors (Lipinski definition) is 0. The molecule has 0 spiro atoms. The number of hydrogen-bond acceptors (Lipinski definition) is 8. The summed E-state index contributed by atoms with van der Waals surface area (Å²) in [5.41, 5.74) is 6.53. The van der Waals surface area contributed by atoms with Crippen LogP contribution in [-0.2, 0) is 33.3 Å². The molecular formula is C56H83Br3F2N4PdS4Sn. The summed E-state index contributed by atoms with van der Waals surface area (Å²) in [6.45, 7) is 11.7. The largest absolute Gasteiger partial charge is 0.206 e. The second-order valence-corrected chi connectivity index (χ2v) is 38.9. The third-order valence-electron chi connectivity index (χ3n) is 13.6. The van der Waals surface area contributed by atoms with Gasteiger partial charge < -0.3 is 0 Å². The van der Waals surface area contributed by atoms with E-state index in [2.05, 4.69) is 134 Å². The average molecular weight is 1440 g/mol. The molecule has 0 N–H and O–H groups in total. The molecule has 4 nitrogen and oxygen atoms in total. The van der Waals surface area contributed by atoms with E-state index in [1.807, 2.05) is 2.89 Å². The van der Waals surface area contributed by atoms with Crippen LogP contribution in [0.15, 0.2) is 48.4 Å². The van der Waals surface area contributed by atoms with E-state index in [9.17, 15) is 8.78 Å². The van der Waals surface area contributed by atoms with Crippen LogP contribution in [0.3, 0.4) is 0 Å². The van der Waals surface area contributed by atoms with Crippen molar-refractivity contribution >= 4 is 137 Å². The third-order valence-corrected chi connectivity index (χ3v) is 37.1. The van der Waals surface area contributed by atoms with E-state index in [4.69, 9.17) is 0 Å². The smallest absolute Gasteiger partial charge is 0.140 e. The first-order valence-corrected chi connectivity index (χ1v) is 40.2. The molecule has 0 unspecified atom stereocenters. The third kappa shape index (κ3) is 23.0. The fraction of sp³-hybridized carbons (Fsp3) is 0.643. The molecule has 15 heteroatoms. The number of benzene rings is 2. The quantitative estimate of drug-likeness (QED) is 0.0234. The molecule has 0 aliphatic heterocycles. The van der Waals surface area contributed by atoms with Crippen molar-refractivity contribution < 1.29 is 29.2 Å². The fourth-order valence-electron chi connectivity index (χ4n) is 9.27. The Morgan fingerprint density at radius 1 is 0.437 bits per heavy atom. The molecule has 0 bridgehead atoms. The summed E-state index contributed by atoms with van der Waals surface area (Å²) in [5, 5.41) is 4.76. The van der Waals surface area contributed by atoms with E-state index in [0.29, 0.717) is 30.0 Å². The average Bonchev–Trinajstić information content (AvgIpc) is 4.23. The molecule has 0 saturated carbocycles. The van der Waals surface area contributed by atoms with Crippen LogP contribution in [0.4, 0.5) is 8.78 Å². The van der Waals surface area contributed by atoms with Crippen molar-refractivity contribution in [1.29, 1.82) is 0 Å². The SMILES string of the molecule is CCCCCCCCCCCCc1cs[c]([Sn]([CH2]CCC)([CH2]CCC)[CH2]CCC)c1.CCCCCCCCCCCCc1csc(-c2cc(F)c(Br)c3nsnc23)c1.Fc1cc(Br)c2nsnc2c1Br.[Pd]. The van der Waals surface area contributed by atoms with Gasteiger partial charge in [0, 0.05) is 35.3 Å². The Kier molecular flexibility index (Phi) is 35.7. The van der Waals surface area contributed by atoms with Crippen LogP contribution in [-0.4, -0.2) is 35.9 Å².